The summed E-state index contributed by atoms with van der Waals surface area (Å²) in [7, 11) is -6.19. The standard InChI is InChI=1S/C9H20O7S2Si/c1-19(2,3)16-18(12,13)15-9-6-4-8(5-7-9)14-17(10)11/h8-9H,4-7H2,1-3H3,(H,10,11). The van der Waals surface area contributed by atoms with Crippen LogP contribution in [0.5, 0.6) is 0 Å². The Morgan fingerprint density at radius 2 is 1.58 bits per heavy atom. The Kier molecular flexibility index (Phi) is 6.11. The van der Waals surface area contributed by atoms with E-state index in [2.05, 4.69) is 0 Å². The van der Waals surface area contributed by atoms with Crippen molar-refractivity contribution >= 4 is 30.1 Å². The van der Waals surface area contributed by atoms with Crippen LogP contribution in [0.15, 0.2) is 0 Å². The maximum atomic E-state index is 11.6. The van der Waals surface area contributed by atoms with Gasteiger partial charge in [-0.2, -0.15) is 12.6 Å². The van der Waals surface area contributed by atoms with E-state index in [-0.39, 0.29) is 6.10 Å². The molecule has 0 aromatic heterocycles. The van der Waals surface area contributed by atoms with Crippen molar-refractivity contribution in [1.82, 2.24) is 0 Å². The Hall–Kier alpha value is 0.157. The van der Waals surface area contributed by atoms with E-state index in [1.54, 1.807) is 19.6 Å². The summed E-state index contributed by atoms with van der Waals surface area (Å²) in [6.07, 6.45) is 1.10. The highest BCUT2D eigenvalue weighted by Gasteiger charge is 2.31. The zero-order valence-corrected chi connectivity index (χ0v) is 13.8. The molecule has 0 heterocycles. The Balaban J connectivity index is 2.42. The molecular formula is C9H20O7S2Si. The third-order valence-corrected chi connectivity index (χ3v) is 6.21. The maximum absolute atomic E-state index is 11.6. The van der Waals surface area contributed by atoms with Crippen LogP contribution in [0.1, 0.15) is 25.7 Å². The Morgan fingerprint density at radius 1 is 1.11 bits per heavy atom. The molecule has 1 aliphatic rings. The van der Waals surface area contributed by atoms with Gasteiger partial charge < -0.3 is 0 Å². The third-order valence-electron chi connectivity index (χ3n) is 2.45. The van der Waals surface area contributed by atoms with Crippen LogP contribution >= 0.6 is 0 Å². The molecule has 19 heavy (non-hydrogen) atoms. The fourth-order valence-corrected chi connectivity index (χ4v) is 5.39. The largest absolute Gasteiger partial charge is 0.390 e. The highest BCUT2D eigenvalue weighted by atomic mass is 32.3. The molecule has 1 fully saturated rings. The van der Waals surface area contributed by atoms with Crippen LogP contribution in [-0.2, 0) is 34.0 Å². The lowest BCUT2D eigenvalue weighted by Crippen LogP contribution is -2.34. The zero-order chi connectivity index (χ0) is 14.7. The lowest BCUT2D eigenvalue weighted by molar-refractivity contribution is 0.0795. The molecule has 0 saturated heterocycles. The summed E-state index contributed by atoms with van der Waals surface area (Å²) in [5, 5.41) is 0. The van der Waals surface area contributed by atoms with Crippen LogP contribution in [0.4, 0.5) is 0 Å². The first kappa shape index (κ1) is 17.2. The lowest BCUT2D eigenvalue weighted by Gasteiger charge is -2.27. The van der Waals surface area contributed by atoms with Crippen molar-refractivity contribution in [1.29, 1.82) is 0 Å². The van der Waals surface area contributed by atoms with Crippen molar-refractivity contribution in [2.75, 3.05) is 0 Å². The maximum Gasteiger partial charge on any atom is 0.390 e. The second-order valence-electron chi connectivity index (χ2n) is 5.41. The first-order valence-corrected chi connectivity index (χ1v) is 11.8. The van der Waals surface area contributed by atoms with Crippen LogP contribution < -0.4 is 0 Å². The van der Waals surface area contributed by atoms with E-state index in [0.29, 0.717) is 25.7 Å². The van der Waals surface area contributed by atoms with Gasteiger partial charge in [0, 0.05) is 0 Å². The molecule has 114 valence electrons. The highest BCUT2D eigenvalue weighted by molar-refractivity contribution is 7.83. The fourth-order valence-electron chi connectivity index (χ4n) is 1.83. The summed E-state index contributed by atoms with van der Waals surface area (Å²) in [5.74, 6) is 0. The third kappa shape index (κ3) is 7.49. The van der Waals surface area contributed by atoms with Crippen molar-refractivity contribution in [2.24, 2.45) is 0 Å². The summed E-state index contributed by atoms with van der Waals surface area (Å²) in [6, 6.07) is 0. The summed E-state index contributed by atoms with van der Waals surface area (Å²) >= 11 is -2.28. The zero-order valence-electron chi connectivity index (χ0n) is 11.2. The SMILES string of the molecule is C[Si](C)(C)OS(=O)(=O)OC1CCC(OS(=O)O)CC1. The fraction of sp³-hybridized carbons (Fsp3) is 1.00. The molecule has 1 rings (SSSR count). The summed E-state index contributed by atoms with van der Waals surface area (Å²) < 4.78 is 57.1. The minimum absolute atomic E-state index is 0.328. The van der Waals surface area contributed by atoms with Crippen LogP contribution in [0.25, 0.3) is 0 Å². The van der Waals surface area contributed by atoms with Gasteiger partial charge in [-0.25, -0.2) is 4.18 Å². The van der Waals surface area contributed by atoms with E-state index in [9.17, 15) is 12.6 Å². The molecule has 0 aromatic carbocycles. The summed E-state index contributed by atoms with van der Waals surface area (Å²) in [5.41, 5.74) is 0. The Bertz CT molecular complexity index is 409. The number of hydrogen-bond acceptors (Lipinski definition) is 6. The second kappa shape index (κ2) is 6.74. The van der Waals surface area contributed by atoms with Crippen LogP contribution in [0.3, 0.4) is 0 Å². The quantitative estimate of drug-likeness (QED) is 0.582. The molecule has 1 atom stereocenters. The Morgan fingerprint density at radius 3 is 2.00 bits per heavy atom. The van der Waals surface area contributed by atoms with Gasteiger partial charge in [-0.1, -0.05) is 0 Å². The van der Waals surface area contributed by atoms with Gasteiger partial charge in [0.15, 0.2) is 0 Å². The van der Waals surface area contributed by atoms with Crippen LogP contribution in [0.2, 0.25) is 19.6 Å². The summed E-state index contributed by atoms with van der Waals surface area (Å²) in [4.78, 5) is 0. The van der Waals surface area contributed by atoms with E-state index in [1.165, 1.54) is 0 Å². The molecule has 7 nitrogen and oxygen atoms in total. The molecule has 0 aliphatic heterocycles. The summed E-state index contributed by atoms with van der Waals surface area (Å²) in [6.45, 7) is 5.28. The molecule has 1 aliphatic carbocycles. The van der Waals surface area contributed by atoms with Gasteiger partial charge in [0.25, 0.3) is 0 Å². The monoisotopic (exact) mass is 332 g/mol. The van der Waals surface area contributed by atoms with Gasteiger partial charge >= 0.3 is 21.8 Å². The predicted octanol–water partition coefficient (Wildman–Crippen LogP) is 1.56. The van der Waals surface area contributed by atoms with Gasteiger partial charge in [-0.15, -0.1) is 0 Å². The van der Waals surface area contributed by atoms with Gasteiger partial charge in [0.2, 0.25) is 8.32 Å². The molecule has 1 N–H and O–H groups in total. The van der Waals surface area contributed by atoms with Gasteiger partial charge in [-0.05, 0) is 45.3 Å². The molecule has 1 unspecified atom stereocenters. The van der Waals surface area contributed by atoms with Crippen molar-refractivity contribution in [3.05, 3.63) is 0 Å². The molecule has 0 radical (unpaired) electrons. The van der Waals surface area contributed by atoms with E-state index in [1.807, 2.05) is 0 Å². The van der Waals surface area contributed by atoms with Gasteiger partial charge in [0.1, 0.15) is 0 Å². The molecular weight excluding hydrogens is 312 g/mol. The average molecular weight is 332 g/mol. The van der Waals surface area contributed by atoms with Crippen molar-refractivity contribution < 1.29 is 29.4 Å². The highest BCUT2D eigenvalue weighted by Crippen LogP contribution is 2.26. The minimum atomic E-state index is -3.97. The van der Waals surface area contributed by atoms with E-state index in [4.69, 9.17) is 16.8 Å². The minimum Gasteiger partial charge on any atom is -0.294 e. The predicted molar refractivity (Wildman–Crippen MR) is 72.3 cm³/mol. The van der Waals surface area contributed by atoms with Crippen LogP contribution in [-0.4, -0.2) is 37.7 Å². The van der Waals surface area contributed by atoms with Crippen molar-refractivity contribution in [3.8, 4) is 0 Å². The molecule has 10 heteroatoms. The number of hydrogen-bond donors (Lipinski definition) is 1. The van der Waals surface area contributed by atoms with Crippen molar-refractivity contribution in [2.45, 2.75) is 57.5 Å². The second-order valence-corrected chi connectivity index (χ2v) is 11.9. The van der Waals surface area contributed by atoms with Crippen molar-refractivity contribution in [3.63, 3.8) is 0 Å². The van der Waals surface area contributed by atoms with Crippen LogP contribution in [0, 0.1) is 0 Å². The topological polar surface area (TPSA) is 99.1 Å². The lowest BCUT2D eigenvalue weighted by atomic mass is 9.95. The molecule has 0 bridgehead atoms. The number of rotatable bonds is 6. The average Bonchev–Trinajstić information content (AvgIpc) is 2.15. The normalized spacial score (nSPS) is 27.2. The van der Waals surface area contributed by atoms with E-state index < -0.39 is 36.2 Å². The first-order chi connectivity index (χ1) is 8.57. The molecule has 0 amide bonds. The smallest absolute Gasteiger partial charge is 0.294 e. The molecule has 0 spiro atoms. The van der Waals surface area contributed by atoms with E-state index >= 15 is 0 Å². The first-order valence-electron chi connectivity index (χ1n) is 5.99. The van der Waals surface area contributed by atoms with Gasteiger partial charge in [0.05, 0.1) is 12.2 Å². The molecule has 1 saturated carbocycles. The van der Waals surface area contributed by atoms with Gasteiger partial charge in [-0.3, -0.25) is 12.6 Å². The van der Waals surface area contributed by atoms with E-state index in [0.717, 1.165) is 0 Å². The Labute approximate surface area is 117 Å². The molecule has 0 aromatic rings.